The van der Waals surface area contributed by atoms with E-state index in [2.05, 4.69) is 119 Å². The van der Waals surface area contributed by atoms with Gasteiger partial charge in [0.05, 0.1) is 11.4 Å². The Hall–Kier alpha value is -4.34. The SMILES string of the molecule is c1ccc([SiH](c2cccc(-c3ccccn3)c2)c2cc(-c3ccccn3)cc3ccccc23)cc1. The standard InChI is InChI=1S/C32H24N2Si/c1-2-13-27(14-3-1)35(28-15-10-12-25(22-28)30-17-6-8-19-33-30)32-23-26(31-18-7-9-20-34-31)21-24-11-4-5-16-29(24)32/h1-23,35H. The summed E-state index contributed by atoms with van der Waals surface area (Å²) in [4.78, 5) is 9.27. The zero-order valence-electron chi connectivity index (χ0n) is 19.3. The average molecular weight is 465 g/mol. The van der Waals surface area contributed by atoms with Crippen LogP contribution in [0.3, 0.4) is 0 Å². The van der Waals surface area contributed by atoms with Crippen molar-refractivity contribution in [2.24, 2.45) is 0 Å². The normalized spacial score (nSPS) is 11.9. The largest absolute Gasteiger partial charge is 0.256 e. The lowest BCUT2D eigenvalue weighted by atomic mass is 10.0. The molecule has 4 aromatic carbocycles. The Bertz CT molecular complexity index is 1580. The third-order valence-corrected chi connectivity index (χ3v) is 9.66. The molecule has 0 N–H and O–H groups in total. The van der Waals surface area contributed by atoms with Crippen LogP contribution in [0.2, 0.25) is 0 Å². The molecule has 0 aliphatic heterocycles. The molecule has 6 aromatic rings. The first kappa shape index (κ1) is 21.2. The summed E-state index contributed by atoms with van der Waals surface area (Å²) >= 11 is 0. The molecule has 0 aliphatic carbocycles. The number of aromatic nitrogens is 2. The van der Waals surface area contributed by atoms with Gasteiger partial charge in [-0.05, 0) is 51.9 Å². The predicted octanol–water partition coefficient (Wildman–Crippen LogP) is 5.21. The molecule has 0 amide bonds. The van der Waals surface area contributed by atoms with E-state index < -0.39 is 8.80 Å². The third kappa shape index (κ3) is 4.30. The van der Waals surface area contributed by atoms with Gasteiger partial charge in [-0.3, -0.25) is 9.97 Å². The first-order valence-electron chi connectivity index (χ1n) is 11.9. The minimum Gasteiger partial charge on any atom is -0.256 e. The van der Waals surface area contributed by atoms with Gasteiger partial charge in [0.2, 0.25) is 0 Å². The highest BCUT2D eigenvalue weighted by Gasteiger charge is 2.22. The lowest BCUT2D eigenvalue weighted by Gasteiger charge is -2.21. The highest BCUT2D eigenvalue weighted by molar-refractivity contribution is 6.97. The van der Waals surface area contributed by atoms with E-state index in [4.69, 9.17) is 0 Å². The van der Waals surface area contributed by atoms with Gasteiger partial charge in [0.15, 0.2) is 0 Å². The van der Waals surface area contributed by atoms with Crippen LogP contribution in [0.4, 0.5) is 0 Å². The molecule has 6 rings (SSSR count). The van der Waals surface area contributed by atoms with Crippen molar-refractivity contribution in [3.8, 4) is 22.5 Å². The van der Waals surface area contributed by atoms with Crippen LogP contribution in [0.15, 0.2) is 140 Å². The number of fused-ring (bicyclic) bond motifs is 1. The van der Waals surface area contributed by atoms with E-state index in [1.165, 1.54) is 26.3 Å². The molecule has 0 spiro atoms. The van der Waals surface area contributed by atoms with Crippen molar-refractivity contribution < 1.29 is 0 Å². The van der Waals surface area contributed by atoms with Crippen molar-refractivity contribution in [1.29, 1.82) is 0 Å². The lowest BCUT2D eigenvalue weighted by molar-refractivity contribution is 1.33. The summed E-state index contributed by atoms with van der Waals surface area (Å²) in [6, 6.07) is 45.5. The number of rotatable bonds is 5. The summed E-state index contributed by atoms with van der Waals surface area (Å²) in [7, 11) is -1.82. The molecule has 1 unspecified atom stereocenters. The minimum absolute atomic E-state index is 1.00. The number of hydrogen-bond acceptors (Lipinski definition) is 2. The summed E-state index contributed by atoms with van der Waals surface area (Å²) in [6.07, 6.45) is 3.73. The van der Waals surface area contributed by atoms with Gasteiger partial charge in [0.25, 0.3) is 0 Å². The fraction of sp³-hybridized carbons (Fsp3) is 0. The summed E-state index contributed by atoms with van der Waals surface area (Å²) in [6.45, 7) is 0. The van der Waals surface area contributed by atoms with E-state index in [0.29, 0.717) is 0 Å². The number of benzene rings is 4. The van der Waals surface area contributed by atoms with Gasteiger partial charge in [-0.1, -0.05) is 107 Å². The van der Waals surface area contributed by atoms with Crippen molar-refractivity contribution in [2.45, 2.75) is 0 Å². The number of hydrogen-bond donors (Lipinski definition) is 0. The van der Waals surface area contributed by atoms with Crippen LogP contribution in [0.1, 0.15) is 0 Å². The Balaban J connectivity index is 1.61. The van der Waals surface area contributed by atoms with Crippen LogP contribution >= 0.6 is 0 Å². The van der Waals surface area contributed by atoms with Crippen molar-refractivity contribution in [1.82, 2.24) is 9.97 Å². The van der Waals surface area contributed by atoms with Crippen molar-refractivity contribution >= 4 is 35.1 Å². The van der Waals surface area contributed by atoms with Crippen LogP contribution < -0.4 is 15.6 Å². The molecule has 2 aromatic heterocycles. The van der Waals surface area contributed by atoms with Gasteiger partial charge >= 0.3 is 0 Å². The summed E-state index contributed by atoms with van der Waals surface area (Å²) in [5.41, 5.74) is 4.32. The second kappa shape index (κ2) is 9.49. The molecule has 35 heavy (non-hydrogen) atoms. The summed E-state index contributed by atoms with van der Waals surface area (Å²) in [5.74, 6) is 0. The molecule has 3 heteroatoms. The number of nitrogens with zero attached hydrogens (tertiary/aromatic N) is 2. The predicted molar refractivity (Wildman–Crippen MR) is 149 cm³/mol. The van der Waals surface area contributed by atoms with Crippen LogP contribution in [0.5, 0.6) is 0 Å². The molecule has 2 heterocycles. The van der Waals surface area contributed by atoms with E-state index in [-0.39, 0.29) is 0 Å². The summed E-state index contributed by atoms with van der Waals surface area (Å²) < 4.78 is 0. The fourth-order valence-corrected chi connectivity index (χ4v) is 8.15. The maximum Gasteiger partial charge on any atom is 0.133 e. The van der Waals surface area contributed by atoms with Crippen molar-refractivity contribution in [2.75, 3.05) is 0 Å². The maximum absolute atomic E-state index is 4.66. The van der Waals surface area contributed by atoms with E-state index in [0.717, 1.165) is 22.5 Å². The molecular weight excluding hydrogens is 440 g/mol. The number of pyridine rings is 2. The first-order chi connectivity index (χ1) is 17.4. The molecule has 166 valence electrons. The Morgan fingerprint density at radius 1 is 0.457 bits per heavy atom. The van der Waals surface area contributed by atoms with Crippen molar-refractivity contribution in [3.63, 3.8) is 0 Å². The van der Waals surface area contributed by atoms with Crippen LogP contribution in [0.25, 0.3) is 33.3 Å². The molecule has 0 radical (unpaired) electrons. The molecule has 0 saturated heterocycles. The molecule has 2 nitrogen and oxygen atoms in total. The van der Waals surface area contributed by atoms with Gasteiger partial charge in [-0.2, -0.15) is 0 Å². The lowest BCUT2D eigenvalue weighted by Crippen LogP contribution is -2.52. The van der Waals surface area contributed by atoms with Crippen molar-refractivity contribution in [3.05, 3.63) is 140 Å². The second-order valence-electron chi connectivity index (χ2n) is 8.69. The first-order valence-corrected chi connectivity index (χ1v) is 13.6. The third-order valence-electron chi connectivity index (χ3n) is 6.48. The second-order valence-corrected chi connectivity index (χ2v) is 11.5. The van der Waals surface area contributed by atoms with E-state index in [9.17, 15) is 0 Å². The Morgan fingerprint density at radius 3 is 1.86 bits per heavy atom. The monoisotopic (exact) mass is 464 g/mol. The Morgan fingerprint density at radius 2 is 1.11 bits per heavy atom. The van der Waals surface area contributed by atoms with Gasteiger partial charge in [0, 0.05) is 18.0 Å². The smallest absolute Gasteiger partial charge is 0.133 e. The molecule has 0 aliphatic rings. The molecule has 0 fully saturated rings. The van der Waals surface area contributed by atoms with Gasteiger partial charge in [0.1, 0.15) is 8.80 Å². The Labute approximate surface area is 207 Å². The quantitative estimate of drug-likeness (QED) is 0.258. The van der Waals surface area contributed by atoms with E-state index in [1.54, 1.807) is 0 Å². The highest BCUT2D eigenvalue weighted by Crippen LogP contribution is 2.23. The van der Waals surface area contributed by atoms with E-state index in [1.807, 2.05) is 30.6 Å². The molecule has 0 saturated carbocycles. The van der Waals surface area contributed by atoms with Gasteiger partial charge in [-0.15, -0.1) is 0 Å². The fourth-order valence-electron chi connectivity index (χ4n) is 4.87. The maximum atomic E-state index is 4.66. The zero-order valence-corrected chi connectivity index (χ0v) is 20.4. The molecule has 0 bridgehead atoms. The van der Waals surface area contributed by atoms with Crippen LogP contribution in [-0.4, -0.2) is 18.8 Å². The summed E-state index contributed by atoms with van der Waals surface area (Å²) in [5, 5.41) is 6.75. The molecular formula is C32H24N2Si. The minimum atomic E-state index is -1.82. The van der Waals surface area contributed by atoms with Crippen LogP contribution in [0, 0.1) is 0 Å². The average Bonchev–Trinajstić information content (AvgIpc) is 2.95. The van der Waals surface area contributed by atoms with Gasteiger partial charge in [-0.25, -0.2) is 0 Å². The van der Waals surface area contributed by atoms with Crippen LogP contribution in [-0.2, 0) is 0 Å². The molecule has 1 atom stereocenters. The highest BCUT2D eigenvalue weighted by atomic mass is 28.3. The Kier molecular flexibility index (Phi) is 5.75. The van der Waals surface area contributed by atoms with E-state index >= 15 is 0 Å². The topological polar surface area (TPSA) is 25.8 Å². The van der Waals surface area contributed by atoms with Gasteiger partial charge < -0.3 is 0 Å². The zero-order chi connectivity index (χ0) is 23.5.